The van der Waals surface area contributed by atoms with E-state index in [0.717, 1.165) is 0 Å². The summed E-state index contributed by atoms with van der Waals surface area (Å²) in [7, 11) is -11.2. The van der Waals surface area contributed by atoms with Gasteiger partial charge < -0.3 is 66.0 Å². The number of carbonyl (C=O) groups excluding carboxylic acids is 1. The van der Waals surface area contributed by atoms with E-state index in [0.29, 0.717) is 0 Å². The second-order valence-electron chi connectivity index (χ2n) is 8.11. The van der Waals surface area contributed by atoms with Crippen molar-refractivity contribution in [3.63, 3.8) is 0 Å². The van der Waals surface area contributed by atoms with Crippen LogP contribution in [0.3, 0.4) is 0 Å². The summed E-state index contributed by atoms with van der Waals surface area (Å²) in [6.45, 7) is -1.51. The monoisotopic (exact) mass is 623 g/mol. The molecule has 24 heteroatoms. The molecule has 0 amide bonds. The zero-order valence-electron chi connectivity index (χ0n) is 19.8. The number of aromatic nitrogens is 4. The molecule has 9 atom stereocenters. The van der Waals surface area contributed by atoms with Crippen LogP contribution in [0, 0.1) is 0 Å². The molecule has 0 spiro atoms. The van der Waals surface area contributed by atoms with E-state index in [2.05, 4.69) is 19.3 Å². The van der Waals surface area contributed by atoms with Crippen LogP contribution in [0.1, 0.15) is 6.23 Å². The number of nitrogens with two attached hydrogens (primary N) is 1. The first kappa shape index (κ1) is 34.0. The molecular formula is C16H27N5O17P2. The molecule has 1 fully saturated rings. The molecule has 0 saturated carbocycles. The lowest BCUT2D eigenvalue weighted by Crippen LogP contribution is -2.48. The van der Waals surface area contributed by atoms with E-state index < -0.39 is 88.7 Å². The van der Waals surface area contributed by atoms with Gasteiger partial charge in [-0.25, -0.2) is 13.9 Å². The van der Waals surface area contributed by atoms with Gasteiger partial charge in [0, 0.05) is 0 Å². The number of ether oxygens (including phenoxy) is 1. The quantitative estimate of drug-likeness (QED) is 0.109. The highest BCUT2D eigenvalue weighted by atomic mass is 31.3. The zero-order valence-corrected chi connectivity index (χ0v) is 21.6. The Bertz CT molecular complexity index is 1330. The number of H-pyrrole nitrogens is 1. The molecule has 0 aliphatic carbocycles. The van der Waals surface area contributed by atoms with Crippen LogP contribution < -0.4 is 11.3 Å². The van der Waals surface area contributed by atoms with Crippen LogP contribution in [-0.4, -0.2) is 137 Å². The van der Waals surface area contributed by atoms with E-state index >= 15 is 0 Å². The summed E-state index contributed by atoms with van der Waals surface area (Å²) in [4.78, 5) is 58.6. The first-order chi connectivity index (χ1) is 18.4. The number of fused-ring (bicyclic) bond motifs is 1. The summed E-state index contributed by atoms with van der Waals surface area (Å²) in [5.41, 5.74) is 2.90. The third-order valence-electron chi connectivity index (χ3n) is 5.25. The predicted octanol–water partition coefficient (Wildman–Crippen LogP) is -6.44. The molecule has 0 radical (unpaired) electrons. The van der Waals surface area contributed by atoms with Crippen molar-refractivity contribution in [1.29, 1.82) is 0 Å². The molecule has 1 unspecified atom stereocenters. The number of phosphoric acid groups is 1. The molecule has 1 aliphatic heterocycles. The minimum atomic E-state index is -5.66. The molecule has 2 aromatic heterocycles. The third-order valence-corrected chi connectivity index (χ3v) is 7.80. The van der Waals surface area contributed by atoms with Crippen LogP contribution in [0.15, 0.2) is 11.1 Å². The Hall–Kier alpha value is -2.24. The fourth-order valence-electron chi connectivity index (χ4n) is 3.26. The summed E-state index contributed by atoms with van der Waals surface area (Å²) in [5.74, 6) is -0.101. The van der Waals surface area contributed by atoms with Gasteiger partial charge in [0.2, 0.25) is 5.95 Å². The lowest BCUT2D eigenvalue weighted by atomic mass is 10.0. The molecule has 1 aliphatic rings. The van der Waals surface area contributed by atoms with Gasteiger partial charge in [0.25, 0.3) is 11.1 Å². The van der Waals surface area contributed by atoms with Gasteiger partial charge in [-0.1, -0.05) is 0 Å². The fourth-order valence-corrected chi connectivity index (χ4v) is 5.22. The fraction of sp³-hybridized carbons (Fsp3) is 0.625. The van der Waals surface area contributed by atoms with E-state index in [9.17, 15) is 39.1 Å². The Morgan fingerprint density at radius 3 is 2.23 bits per heavy atom. The van der Waals surface area contributed by atoms with Crippen molar-refractivity contribution >= 4 is 38.1 Å². The van der Waals surface area contributed by atoms with Crippen molar-refractivity contribution in [3.8, 4) is 0 Å². The first-order valence-corrected chi connectivity index (χ1v) is 13.8. The number of hydrogen-bond acceptors (Lipinski definition) is 17. The van der Waals surface area contributed by atoms with E-state index in [1.54, 1.807) is 0 Å². The van der Waals surface area contributed by atoms with Crippen molar-refractivity contribution in [2.75, 3.05) is 18.9 Å². The SMILES string of the molecule is Nc1nc2c(ncn2[C@@H]2O[C@H](CO)[C@@H](O)[C@H]2O)c(=O)[nH]1.O=C([C@@H](O)[C@@H](O)[C@H](O)[C@H](O)CO)P(=O)(O)OP(=O)(O)O. The van der Waals surface area contributed by atoms with Gasteiger partial charge in [-0.15, -0.1) is 0 Å². The molecule has 40 heavy (non-hydrogen) atoms. The number of anilines is 1. The second kappa shape index (κ2) is 13.2. The van der Waals surface area contributed by atoms with Gasteiger partial charge in [0.15, 0.2) is 23.5 Å². The summed E-state index contributed by atoms with van der Waals surface area (Å²) in [5, 5.41) is 73.8. The molecule has 14 N–H and O–H groups in total. The summed E-state index contributed by atoms with van der Waals surface area (Å²) >= 11 is 0. The topological polar surface area (TPSA) is 382 Å². The standard InChI is InChI=1S/C10H13N5O5.C6H14O12P2/c11-10-13-7-4(8(19)14-10)12-2-15(7)9-6(18)5(17)3(1-16)20-9;7-1-2(8)3(9)4(10)5(11)6(12)19(13,14)18-20(15,16)17/h2-3,5-6,9,16-18H,1H2,(H3,11,13,14,19);2-5,7-11H,1H2,(H,13,14)(H2,15,16,17)/t3-,5-,6-,9-;2-,3-,4+,5+/m11/s1. The predicted molar refractivity (Wildman–Crippen MR) is 125 cm³/mol. The molecular weight excluding hydrogens is 596 g/mol. The maximum Gasteiger partial charge on any atom is 0.477 e. The molecule has 22 nitrogen and oxygen atoms in total. The first-order valence-electron chi connectivity index (χ1n) is 10.7. The van der Waals surface area contributed by atoms with Crippen LogP contribution in [-0.2, 0) is 23.0 Å². The lowest BCUT2D eigenvalue weighted by molar-refractivity contribution is -0.141. The highest BCUT2D eigenvalue weighted by Gasteiger charge is 2.46. The normalized spacial score (nSPS) is 25.9. The smallest absolute Gasteiger partial charge is 0.394 e. The summed E-state index contributed by atoms with van der Waals surface area (Å²) in [6.07, 6.45) is -12.8. The van der Waals surface area contributed by atoms with Crippen LogP contribution in [0.2, 0.25) is 0 Å². The van der Waals surface area contributed by atoms with E-state index in [1.165, 1.54) is 10.9 Å². The maximum absolute atomic E-state index is 11.7. The van der Waals surface area contributed by atoms with Crippen molar-refractivity contribution in [2.45, 2.75) is 49.0 Å². The zero-order chi connectivity index (χ0) is 30.7. The van der Waals surface area contributed by atoms with Crippen LogP contribution in [0.25, 0.3) is 11.2 Å². The summed E-state index contributed by atoms with van der Waals surface area (Å²) < 4.78 is 31.4. The van der Waals surface area contributed by atoms with Gasteiger partial charge >= 0.3 is 15.4 Å². The average Bonchev–Trinajstić information content (AvgIpc) is 3.40. The van der Waals surface area contributed by atoms with Crippen LogP contribution in [0.5, 0.6) is 0 Å². The van der Waals surface area contributed by atoms with Crippen LogP contribution in [0.4, 0.5) is 5.95 Å². The molecule has 2 aromatic rings. The molecule has 0 aromatic carbocycles. The number of hydrogen-bond donors (Lipinski definition) is 13. The number of nitrogens with one attached hydrogen (secondary N) is 1. The van der Waals surface area contributed by atoms with Crippen molar-refractivity contribution < 1.29 is 78.5 Å². The number of rotatable bonds is 10. The van der Waals surface area contributed by atoms with Crippen molar-refractivity contribution in [3.05, 3.63) is 16.7 Å². The van der Waals surface area contributed by atoms with Gasteiger partial charge in [0.1, 0.15) is 36.6 Å². The van der Waals surface area contributed by atoms with Gasteiger partial charge in [-0.2, -0.15) is 4.98 Å². The van der Waals surface area contributed by atoms with Gasteiger partial charge in [-0.3, -0.25) is 23.7 Å². The molecule has 3 rings (SSSR count). The van der Waals surface area contributed by atoms with E-state index in [1.807, 2.05) is 0 Å². The number of carbonyl (C=O) groups is 1. The number of nitrogen functional groups attached to an aromatic ring is 1. The van der Waals surface area contributed by atoms with Crippen LogP contribution >= 0.6 is 15.4 Å². The Balaban J connectivity index is 0.000000280. The molecule has 228 valence electrons. The maximum atomic E-state index is 11.7. The number of aliphatic hydroxyl groups is 8. The number of aliphatic hydroxyl groups excluding tert-OH is 8. The van der Waals surface area contributed by atoms with E-state index in [4.69, 9.17) is 45.6 Å². The third kappa shape index (κ3) is 7.73. The minimum Gasteiger partial charge on any atom is -0.394 e. The highest BCUT2D eigenvalue weighted by Crippen LogP contribution is 2.58. The lowest BCUT2D eigenvalue weighted by Gasteiger charge is -2.25. The Kier molecular flexibility index (Phi) is 11.2. The average molecular weight is 623 g/mol. The Labute approximate surface area is 221 Å². The summed E-state index contributed by atoms with van der Waals surface area (Å²) in [6, 6.07) is 0. The molecule has 0 bridgehead atoms. The van der Waals surface area contributed by atoms with Crippen molar-refractivity contribution in [2.24, 2.45) is 0 Å². The Morgan fingerprint density at radius 2 is 1.73 bits per heavy atom. The second-order valence-corrected chi connectivity index (χ2v) is 11.2. The largest absolute Gasteiger partial charge is 0.477 e. The number of aromatic amines is 1. The Morgan fingerprint density at radius 1 is 1.12 bits per heavy atom. The van der Waals surface area contributed by atoms with Gasteiger partial charge in [-0.05, 0) is 0 Å². The molecule has 1 saturated heterocycles. The minimum absolute atomic E-state index is 0.0388. The van der Waals surface area contributed by atoms with Crippen molar-refractivity contribution in [1.82, 2.24) is 19.5 Å². The number of imidazole rings is 1. The number of nitrogens with zero attached hydrogens (tertiary/aromatic N) is 3. The molecule has 3 heterocycles. The van der Waals surface area contributed by atoms with Gasteiger partial charge in [0.05, 0.1) is 19.5 Å². The highest BCUT2D eigenvalue weighted by molar-refractivity contribution is 7.76. The van der Waals surface area contributed by atoms with E-state index in [-0.39, 0.29) is 17.1 Å².